The van der Waals surface area contributed by atoms with Crippen LogP contribution in [0.4, 0.5) is 0 Å². The number of hydrogen-bond donors (Lipinski definition) is 1. The van der Waals surface area contributed by atoms with Crippen LogP contribution >= 0.6 is 27.5 Å². The van der Waals surface area contributed by atoms with Gasteiger partial charge in [0.15, 0.2) is 6.61 Å². The zero-order chi connectivity index (χ0) is 28.8. The molecule has 0 aliphatic carbocycles. The van der Waals surface area contributed by atoms with Gasteiger partial charge in [0.2, 0.25) is 5.91 Å². The molecule has 0 saturated heterocycles. The van der Waals surface area contributed by atoms with Gasteiger partial charge >= 0.3 is 0 Å². The summed E-state index contributed by atoms with van der Waals surface area (Å²) in [6.07, 6.45) is 0.360. The van der Waals surface area contributed by atoms with Crippen molar-refractivity contribution in [1.82, 2.24) is 10.2 Å². The van der Waals surface area contributed by atoms with Crippen LogP contribution in [-0.4, -0.2) is 34.9 Å². The van der Waals surface area contributed by atoms with Crippen LogP contribution in [0.25, 0.3) is 0 Å². The first kappa shape index (κ1) is 30.7. The molecule has 0 fully saturated rings. The number of nitrogens with zero attached hydrogens (tertiary/aromatic N) is 1. The number of amides is 2. The lowest BCUT2D eigenvalue weighted by Crippen LogP contribution is -2.55. The van der Waals surface area contributed by atoms with E-state index in [-0.39, 0.29) is 30.4 Å². The highest BCUT2D eigenvalue weighted by atomic mass is 79.9. The average molecular weight is 614 g/mol. The summed E-state index contributed by atoms with van der Waals surface area (Å²) in [5, 5.41) is 3.64. The number of carbonyl (C=O) groups excluding carboxylic acids is 2. The van der Waals surface area contributed by atoms with Crippen LogP contribution in [-0.2, 0) is 28.0 Å². The van der Waals surface area contributed by atoms with Crippen LogP contribution in [0.15, 0.2) is 77.3 Å². The summed E-state index contributed by atoms with van der Waals surface area (Å²) < 4.78 is 6.77. The second kappa shape index (κ2) is 13.0. The Morgan fingerprint density at radius 1 is 0.923 bits per heavy atom. The quantitative estimate of drug-likeness (QED) is 0.275. The monoisotopic (exact) mass is 612 g/mol. The van der Waals surface area contributed by atoms with Crippen LogP contribution in [0.5, 0.6) is 5.75 Å². The number of rotatable bonds is 9. The molecule has 3 aromatic rings. The van der Waals surface area contributed by atoms with E-state index in [1.54, 1.807) is 11.0 Å². The molecular formula is C32H38BrClN2O3. The van der Waals surface area contributed by atoms with Gasteiger partial charge in [0, 0.05) is 23.5 Å². The third-order valence-electron chi connectivity index (χ3n) is 6.16. The number of halogens is 2. The summed E-state index contributed by atoms with van der Waals surface area (Å²) in [6, 6.07) is 22.2. The lowest BCUT2D eigenvalue weighted by molar-refractivity contribution is -0.143. The molecule has 1 N–H and O–H groups in total. The predicted molar refractivity (Wildman–Crippen MR) is 162 cm³/mol. The zero-order valence-electron chi connectivity index (χ0n) is 23.6. The first-order valence-corrected chi connectivity index (χ1v) is 14.2. The largest absolute Gasteiger partial charge is 0.483 e. The molecule has 1 atom stereocenters. The number of carbonyl (C=O) groups is 2. The fraction of sp³-hybridized carbons (Fsp3) is 0.375. The molecule has 0 heterocycles. The maximum absolute atomic E-state index is 13.8. The van der Waals surface area contributed by atoms with Crippen LogP contribution in [0.3, 0.4) is 0 Å². The molecule has 39 heavy (non-hydrogen) atoms. The topological polar surface area (TPSA) is 58.6 Å². The van der Waals surface area contributed by atoms with Gasteiger partial charge in [0.1, 0.15) is 11.8 Å². The van der Waals surface area contributed by atoms with Crippen molar-refractivity contribution in [3.63, 3.8) is 0 Å². The minimum absolute atomic E-state index is 0.0182. The minimum atomic E-state index is -0.756. The second-order valence-corrected chi connectivity index (χ2v) is 13.1. The molecule has 3 rings (SSSR count). The van der Waals surface area contributed by atoms with Gasteiger partial charge in [-0.3, -0.25) is 9.59 Å². The van der Waals surface area contributed by atoms with E-state index in [1.807, 2.05) is 87.5 Å². The van der Waals surface area contributed by atoms with Gasteiger partial charge in [0.05, 0.1) is 4.47 Å². The van der Waals surface area contributed by atoms with Crippen LogP contribution in [0, 0.1) is 0 Å². The SMILES string of the molecule is CC(C)(C)NC(=O)[C@H](Cc1ccccc1)N(Cc1cccc(Cl)c1)C(=O)COc1ccc(C(C)(C)C)cc1Br. The Morgan fingerprint density at radius 3 is 2.18 bits per heavy atom. The maximum atomic E-state index is 13.8. The lowest BCUT2D eigenvalue weighted by atomic mass is 9.87. The van der Waals surface area contributed by atoms with Crippen LogP contribution in [0.2, 0.25) is 5.02 Å². The number of benzene rings is 3. The van der Waals surface area contributed by atoms with Crippen molar-refractivity contribution in [2.75, 3.05) is 6.61 Å². The summed E-state index contributed by atoms with van der Waals surface area (Å²) >= 11 is 9.85. The first-order chi connectivity index (χ1) is 18.2. The molecule has 0 aromatic heterocycles. The number of hydrogen-bond acceptors (Lipinski definition) is 3. The molecule has 0 aliphatic rings. The van der Waals surface area contributed by atoms with E-state index in [0.29, 0.717) is 17.2 Å². The lowest BCUT2D eigenvalue weighted by Gasteiger charge is -2.34. The van der Waals surface area contributed by atoms with E-state index < -0.39 is 11.6 Å². The molecule has 0 bridgehead atoms. The molecule has 0 aliphatic heterocycles. The summed E-state index contributed by atoms with van der Waals surface area (Å²) in [7, 11) is 0. The normalized spacial score (nSPS) is 12.5. The van der Waals surface area contributed by atoms with Gasteiger partial charge in [-0.15, -0.1) is 0 Å². The van der Waals surface area contributed by atoms with Gasteiger partial charge in [-0.2, -0.15) is 0 Å². The zero-order valence-corrected chi connectivity index (χ0v) is 25.9. The molecule has 0 radical (unpaired) electrons. The van der Waals surface area contributed by atoms with Crippen molar-refractivity contribution in [1.29, 1.82) is 0 Å². The summed E-state index contributed by atoms with van der Waals surface area (Å²) in [6.45, 7) is 12.2. The molecule has 3 aromatic carbocycles. The molecule has 0 saturated carbocycles. The number of nitrogens with one attached hydrogen (secondary N) is 1. The fourth-order valence-corrected chi connectivity index (χ4v) is 4.85. The van der Waals surface area contributed by atoms with Crippen molar-refractivity contribution in [3.8, 4) is 5.75 Å². The Hall–Kier alpha value is -2.83. The van der Waals surface area contributed by atoms with Crippen LogP contribution < -0.4 is 10.1 Å². The molecule has 7 heteroatoms. The van der Waals surface area contributed by atoms with Gasteiger partial charge in [-0.1, -0.05) is 80.9 Å². The minimum Gasteiger partial charge on any atom is -0.483 e. The van der Waals surface area contributed by atoms with Gasteiger partial charge in [0.25, 0.3) is 5.91 Å². The van der Waals surface area contributed by atoms with Gasteiger partial charge in [-0.05, 0) is 83.1 Å². The highest BCUT2D eigenvalue weighted by Gasteiger charge is 2.32. The molecule has 0 spiro atoms. The van der Waals surface area contributed by atoms with E-state index in [1.165, 1.54) is 0 Å². The van der Waals surface area contributed by atoms with E-state index in [2.05, 4.69) is 42.0 Å². The third-order valence-corrected chi connectivity index (χ3v) is 7.02. The maximum Gasteiger partial charge on any atom is 0.261 e. The van der Waals surface area contributed by atoms with Crippen molar-refractivity contribution < 1.29 is 14.3 Å². The van der Waals surface area contributed by atoms with Crippen molar-refractivity contribution in [2.45, 2.75) is 71.5 Å². The molecule has 208 valence electrons. The average Bonchev–Trinajstić information content (AvgIpc) is 2.84. The smallest absolute Gasteiger partial charge is 0.261 e. The summed E-state index contributed by atoms with van der Waals surface area (Å²) in [4.78, 5) is 29.1. The Morgan fingerprint density at radius 2 is 1.59 bits per heavy atom. The Labute approximate surface area is 246 Å². The van der Waals surface area contributed by atoms with E-state index >= 15 is 0 Å². The Balaban J connectivity index is 1.93. The van der Waals surface area contributed by atoms with E-state index in [0.717, 1.165) is 21.2 Å². The Kier molecular flexibility index (Phi) is 10.2. The molecular weight excluding hydrogens is 576 g/mol. The molecule has 2 amide bonds. The standard InChI is InChI=1S/C32H38BrClN2O3/c1-31(2,3)24-15-16-28(26(33)19-24)39-21-29(37)36(20-23-13-10-14-25(34)17-23)27(30(38)35-32(4,5)6)18-22-11-8-7-9-12-22/h7-17,19,27H,18,20-21H2,1-6H3,(H,35,38)/t27-/m0/s1. The Bertz CT molecular complexity index is 1280. The first-order valence-electron chi connectivity index (χ1n) is 13.1. The van der Waals surface area contributed by atoms with Crippen LogP contribution in [0.1, 0.15) is 58.2 Å². The molecule has 0 unspecified atom stereocenters. The summed E-state index contributed by atoms with van der Waals surface area (Å²) in [5.74, 6) is 0.0435. The van der Waals surface area contributed by atoms with Crippen molar-refractivity contribution in [2.24, 2.45) is 0 Å². The fourth-order valence-electron chi connectivity index (χ4n) is 4.15. The highest BCUT2D eigenvalue weighted by molar-refractivity contribution is 9.10. The molecule has 5 nitrogen and oxygen atoms in total. The van der Waals surface area contributed by atoms with E-state index in [4.69, 9.17) is 16.3 Å². The highest BCUT2D eigenvalue weighted by Crippen LogP contribution is 2.31. The van der Waals surface area contributed by atoms with E-state index in [9.17, 15) is 9.59 Å². The second-order valence-electron chi connectivity index (χ2n) is 11.8. The number of ether oxygens (including phenoxy) is 1. The van der Waals surface area contributed by atoms with Gasteiger partial charge < -0.3 is 15.0 Å². The summed E-state index contributed by atoms with van der Waals surface area (Å²) in [5.41, 5.74) is 2.45. The predicted octanol–water partition coefficient (Wildman–Crippen LogP) is 7.33. The van der Waals surface area contributed by atoms with Gasteiger partial charge in [-0.25, -0.2) is 0 Å². The van der Waals surface area contributed by atoms with Crippen molar-refractivity contribution >= 4 is 39.3 Å². The third kappa shape index (κ3) is 9.40. The van der Waals surface area contributed by atoms with Crippen molar-refractivity contribution in [3.05, 3.63) is 99.0 Å².